The SMILES string of the molecule is COC(=O)/C=C/c1cc(C)c(C2(C)OC=CO2)s1. The van der Waals surface area contributed by atoms with Gasteiger partial charge in [-0.25, -0.2) is 4.79 Å². The highest BCUT2D eigenvalue weighted by Gasteiger charge is 2.35. The Hall–Kier alpha value is -1.75. The summed E-state index contributed by atoms with van der Waals surface area (Å²) in [6.45, 7) is 3.84. The molecular weight excluding hydrogens is 252 g/mol. The van der Waals surface area contributed by atoms with Crippen LogP contribution < -0.4 is 0 Å². The lowest BCUT2D eigenvalue weighted by atomic mass is 10.1. The van der Waals surface area contributed by atoms with E-state index in [1.165, 1.54) is 37.0 Å². The zero-order chi connectivity index (χ0) is 13.2. The van der Waals surface area contributed by atoms with Crippen LogP contribution in [0, 0.1) is 6.92 Å². The van der Waals surface area contributed by atoms with Crippen LogP contribution in [0.3, 0.4) is 0 Å². The lowest BCUT2D eigenvalue weighted by Crippen LogP contribution is -2.21. The Kier molecular flexibility index (Phi) is 3.43. The molecule has 0 amide bonds. The first-order chi connectivity index (χ1) is 8.55. The molecule has 0 aliphatic carbocycles. The molecule has 96 valence electrons. The molecule has 1 aliphatic rings. The molecule has 5 heteroatoms. The smallest absolute Gasteiger partial charge is 0.330 e. The van der Waals surface area contributed by atoms with Crippen molar-refractivity contribution in [2.45, 2.75) is 19.6 Å². The number of methoxy groups -OCH3 is 1. The van der Waals surface area contributed by atoms with E-state index in [0.29, 0.717) is 0 Å². The molecule has 0 aromatic carbocycles. The van der Waals surface area contributed by atoms with Crippen molar-refractivity contribution < 1.29 is 19.0 Å². The molecule has 0 spiro atoms. The minimum Gasteiger partial charge on any atom is -0.466 e. The van der Waals surface area contributed by atoms with Crippen LogP contribution in [0.5, 0.6) is 0 Å². The van der Waals surface area contributed by atoms with Crippen LogP contribution in [0.2, 0.25) is 0 Å². The van der Waals surface area contributed by atoms with Gasteiger partial charge < -0.3 is 14.2 Å². The number of carbonyl (C=O) groups excluding carboxylic acids is 1. The fraction of sp³-hybridized carbons (Fsp3) is 0.308. The summed E-state index contributed by atoms with van der Waals surface area (Å²) in [5, 5.41) is 0. The van der Waals surface area contributed by atoms with Gasteiger partial charge in [-0.05, 0) is 24.6 Å². The Balaban J connectivity index is 2.22. The topological polar surface area (TPSA) is 44.8 Å². The second-order valence-electron chi connectivity index (χ2n) is 3.97. The van der Waals surface area contributed by atoms with Gasteiger partial charge in [-0.1, -0.05) is 0 Å². The first-order valence-corrected chi connectivity index (χ1v) is 6.24. The predicted octanol–water partition coefficient (Wildman–Crippen LogP) is 2.93. The zero-order valence-electron chi connectivity index (χ0n) is 10.4. The summed E-state index contributed by atoms with van der Waals surface area (Å²) < 4.78 is 15.5. The van der Waals surface area contributed by atoms with Gasteiger partial charge in [0.05, 0.1) is 12.0 Å². The van der Waals surface area contributed by atoms with Gasteiger partial charge in [0, 0.05) is 17.9 Å². The maximum absolute atomic E-state index is 11.0. The normalized spacial score (nSPS) is 16.6. The van der Waals surface area contributed by atoms with Crippen molar-refractivity contribution in [3.63, 3.8) is 0 Å². The van der Waals surface area contributed by atoms with Gasteiger partial charge in [0.1, 0.15) is 12.5 Å². The van der Waals surface area contributed by atoms with Crippen LogP contribution in [-0.4, -0.2) is 13.1 Å². The molecule has 0 saturated heterocycles. The molecule has 0 N–H and O–H groups in total. The number of hydrogen-bond acceptors (Lipinski definition) is 5. The van der Waals surface area contributed by atoms with Crippen LogP contribution in [-0.2, 0) is 24.8 Å². The molecule has 1 aromatic heterocycles. The maximum atomic E-state index is 11.0. The van der Waals surface area contributed by atoms with Crippen molar-refractivity contribution in [1.82, 2.24) is 0 Å². The molecule has 1 aromatic rings. The monoisotopic (exact) mass is 266 g/mol. The zero-order valence-corrected chi connectivity index (χ0v) is 11.2. The van der Waals surface area contributed by atoms with Crippen LogP contribution >= 0.6 is 11.3 Å². The van der Waals surface area contributed by atoms with E-state index < -0.39 is 5.79 Å². The van der Waals surface area contributed by atoms with E-state index in [4.69, 9.17) is 9.47 Å². The van der Waals surface area contributed by atoms with E-state index in [2.05, 4.69) is 4.74 Å². The first-order valence-electron chi connectivity index (χ1n) is 5.43. The van der Waals surface area contributed by atoms with Gasteiger partial charge in [0.25, 0.3) is 5.79 Å². The number of rotatable bonds is 3. The molecule has 0 radical (unpaired) electrons. The molecule has 0 atom stereocenters. The van der Waals surface area contributed by atoms with Gasteiger partial charge in [0.2, 0.25) is 0 Å². The summed E-state index contributed by atoms with van der Waals surface area (Å²) in [5.74, 6) is -1.13. The van der Waals surface area contributed by atoms with E-state index >= 15 is 0 Å². The van der Waals surface area contributed by atoms with Gasteiger partial charge in [-0.2, -0.15) is 0 Å². The molecule has 2 heterocycles. The molecule has 2 rings (SSSR count). The van der Waals surface area contributed by atoms with Crippen molar-refractivity contribution in [2.75, 3.05) is 7.11 Å². The largest absolute Gasteiger partial charge is 0.466 e. The third-order valence-electron chi connectivity index (χ3n) is 2.58. The second-order valence-corrected chi connectivity index (χ2v) is 5.05. The van der Waals surface area contributed by atoms with Gasteiger partial charge in [0.15, 0.2) is 0 Å². The van der Waals surface area contributed by atoms with Crippen molar-refractivity contribution >= 4 is 23.4 Å². The second kappa shape index (κ2) is 4.86. The molecule has 18 heavy (non-hydrogen) atoms. The average Bonchev–Trinajstić information content (AvgIpc) is 2.93. The number of thiophene rings is 1. The Morgan fingerprint density at radius 1 is 1.44 bits per heavy atom. The molecule has 1 aliphatic heterocycles. The number of esters is 1. The summed E-state index contributed by atoms with van der Waals surface area (Å²) >= 11 is 1.52. The molecule has 0 unspecified atom stereocenters. The van der Waals surface area contributed by atoms with Crippen LogP contribution in [0.4, 0.5) is 0 Å². The molecule has 0 fully saturated rings. The van der Waals surface area contributed by atoms with Crippen LogP contribution in [0.15, 0.2) is 24.7 Å². The van der Waals surface area contributed by atoms with E-state index in [1.54, 1.807) is 6.08 Å². The highest BCUT2D eigenvalue weighted by Crippen LogP contribution is 2.38. The third kappa shape index (κ3) is 2.41. The number of hydrogen-bond donors (Lipinski definition) is 0. The summed E-state index contributed by atoms with van der Waals surface area (Å²) in [6, 6.07) is 1.98. The minimum atomic E-state index is -0.758. The standard InChI is InChI=1S/C13H14O4S/c1-9-8-10(4-5-11(14)15-3)18-12(9)13(2)16-6-7-17-13/h4-8H,1-3H3/b5-4+. The summed E-state index contributed by atoms with van der Waals surface area (Å²) in [7, 11) is 1.35. The number of carbonyl (C=O) groups is 1. The summed E-state index contributed by atoms with van der Waals surface area (Å²) in [6.07, 6.45) is 6.18. The van der Waals surface area contributed by atoms with Crippen LogP contribution in [0.1, 0.15) is 22.2 Å². The maximum Gasteiger partial charge on any atom is 0.330 e. The fourth-order valence-electron chi connectivity index (χ4n) is 1.71. The Morgan fingerprint density at radius 3 is 2.72 bits per heavy atom. The van der Waals surface area contributed by atoms with E-state index in [-0.39, 0.29) is 5.97 Å². The molecule has 0 bridgehead atoms. The van der Waals surface area contributed by atoms with Gasteiger partial charge in [-0.15, -0.1) is 11.3 Å². The Morgan fingerprint density at radius 2 is 2.11 bits per heavy atom. The van der Waals surface area contributed by atoms with Gasteiger partial charge in [-0.3, -0.25) is 0 Å². The number of ether oxygens (including phenoxy) is 3. The van der Waals surface area contributed by atoms with Gasteiger partial charge >= 0.3 is 5.97 Å². The van der Waals surface area contributed by atoms with E-state index in [0.717, 1.165) is 15.3 Å². The lowest BCUT2D eigenvalue weighted by Gasteiger charge is -2.22. The van der Waals surface area contributed by atoms with Crippen molar-refractivity contribution in [3.8, 4) is 0 Å². The first kappa shape index (κ1) is 12.7. The Bertz CT molecular complexity index is 505. The van der Waals surface area contributed by atoms with E-state index in [1.807, 2.05) is 19.9 Å². The molecular formula is C13H14O4S. The Labute approximate surface area is 109 Å². The predicted molar refractivity (Wildman–Crippen MR) is 68.8 cm³/mol. The fourth-order valence-corrected chi connectivity index (χ4v) is 2.82. The van der Waals surface area contributed by atoms with Crippen LogP contribution in [0.25, 0.3) is 6.08 Å². The number of aryl methyl sites for hydroxylation is 1. The molecule has 4 nitrogen and oxygen atoms in total. The molecule has 0 saturated carbocycles. The lowest BCUT2D eigenvalue weighted by molar-refractivity contribution is -0.134. The summed E-state index contributed by atoms with van der Waals surface area (Å²) in [4.78, 5) is 13.0. The van der Waals surface area contributed by atoms with Crippen molar-refractivity contribution in [3.05, 3.63) is 40.0 Å². The highest BCUT2D eigenvalue weighted by molar-refractivity contribution is 7.13. The summed E-state index contributed by atoms with van der Waals surface area (Å²) in [5.41, 5.74) is 1.07. The minimum absolute atomic E-state index is 0.371. The van der Waals surface area contributed by atoms with E-state index in [9.17, 15) is 4.79 Å². The van der Waals surface area contributed by atoms with Crippen molar-refractivity contribution in [2.24, 2.45) is 0 Å². The highest BCUT2D eigenvalue weighted by atomic mass is 32.1. The third-order valence-corrected chi connectivity index (χ3v) is 3.96. The quantitative estimate of drug-likeness (QED) is 0.623. The average molecular weight is 266 g/mol. The van der Waals surface area contributed by atoms with Crippen molar-refractivity contribution in [1.29, 1.82) is 0 Å².